The van der Waals surface area contributed by atoms with Crippen LogP contribution in [-0.4, -0.2) is 32.9 Å². The van der Waals surface area contributed by atoms with Gasteiger partial charge in [-0.2, -0.15) is 5.10 Å². The van der Waals surface area contributed by atoms with Gasteiger partial charge in [0.15, 0.2) is 0 Å². The van der Waals surface area contributed by atoms with E-state index in [1.807, 2.05) is 73.8 Å². The molecule has 0 unspecified atom stereocenters. The Kier molecular flexibility index (Phi) is 7.30. The maximum Gasteiger partial charge on any atom is 0.135 e. The fraction of sp³-hybridized carbons (Fsp3) is 0.0571. The molecule has 2 aromatic carbocycles. The molecule has 6 rings (SSSR count). The zero-order valence-electron chi connectivity index (χ0n) is 23.2. The van der Waals surface area contributed by atoms with Crippen molar-refractivity contribution in [3.63, 3.8) is 0 Å². The summed E-state index contributed by atoms with van der Waals surface area (Å²) in [4.78, 5) is 13.0. The van der Waals surface area contributed by atoms with E-state index in [0.29, 0.717) is 12.2 Å². The standard InChI is InChI=1S/C35H29FN6/c1-4-8-29(25-11-13-27(36)14-12-25)30-20-33(39-23(30)3)35-34-32(41-42-35)16-15-31(40-34)26-17-18-37-21-28(19-26)38-22(2)24-9-6-5-7-10-24/h4-17,19-21,38-39H,1-2,18H2,3H3,(H,41,42)/b29-8-. The Hall–Kier alpha value is -5.56. The molecule has 5 aromatic rings. The van der Waals surface area contributed by atoms with Crippen LogP contribution < -0.4 is 5.32 Å². The van der Waals surface area contributed by atoms with Crippen molar-refractivity contribution >= 4 is 34.1 Å². The van der Waals surface area contributed by atoms with E-state index in [9.17, 15) is 4.39 Å². The van der Waals surface area contributed by atoms with Crippen LogP contribution in [-0.2, 0) is 0 Å². The number of aliphatic imine (C=N–C) groups is 1. The molecule has 0 fully saturated rings. The van der Waals surface area contributed by atoms with Crippen molar-refractivity contribution in [2.24, 2.45) is 4.99 Å². The number of hydrogen-bond acceptors (Lipinski definition) is 4. The number of aromatic amines is 2. The second-order valence-electron chi connectivity index (χ2n) is 9.93. The number of nitrogens with one attached hydrogen (secondary N) is 3. The molecule has 0 amide bonds. The van der Waals surface area contributed by atoms with Crippen LogP contribution in [0.5, 0.6) is 0 Å². The summed E-state index contributed by atoms with van der Waals surface area (Å²) in [6, 6.07) is 22.5. The van der Waals surface area contributed by atoms with E-state index >= 15 is 0 Å². The molecule has 4 heterocycles. The minimum atomic E-state index is -0.276. The molecule has 1 aliphatic rings. The van der Waals surface area contributed by atoms with Gasteiger partial charge in [-0.05, 0) is 60.0 Å². The normalized spacial score (nSPS) is 13.4. The molecule has 0 saturated heterocycles. The van der Waals surface area contributed by atoms with Crippen LogP contribution in [0.2, 0.25) is 0 Å². The summed E-state index contributed by atoms with van der Waals surface area (Å²) in [7, 11) is 0. The third-order valence-corrected chi connectivity index (χ3v) is 7.08. The highest BCUT2D eigenvalue weighted by molar-refractivity contribution is 5.94. The van der Waals surface area contributed by atoms with E-state index in [0.717, 1.165) is 67.3 Å². The Balaban J connectivity index is 1.34. The molecule has 206 valence electrons. The monoisotopic (exact) mass is 552 g/mol. The number of rotatable bonds is 8. The Morgan fingerprint density at radius 1 is 1.02 bits per heavy atom. The van der Waals surface area contributed by atoms with Gasteiger partial charge in [0.2, 0.25) is 0 Å². The van der Waals surface area contributed by atoms with Gasteiger partial charge in [0.25, 0.3) is 0 Å². The number of H-pyrrole nitrogens is 2. The van der Waals surface area contributed by atoms with Gasteiger partial charge in [-0.25, -0.2) is 9.37 Å². The maximum atomic E-state index is 13.6. The van der Waals surface area contributed by atoms with Crippen molar-refractivity contribution in [3.05, 3.63) is 150 Å². The second kappa shape index (κ2) is 11.5. The van der Waals surface area contributed by atoms with Crippen LogP contribution in [0.15, 0.2) is 121 Å². The van der Waals surface area contributed by atoms with E-state index in [-0.39, 0.29) is 5.82 Å². The average molecular weight is 553 g/mol. The Morgan fingerprint density at radius 2 is 1.83 bits per heavy atom. The summed E-state index contributed by atoms with van der Waals surface area (Å²) in [6.07, 6.45) is 9.56. The smallest absolute Gasteiger partial charge is 0.135 e. The van der Waals surface area contributed by atoms with Crippen molar-refractivity contribution in [3.8, 4) is 11.4 Å². The second-order valence-corrected chi connectivity index (χ2v) is 9.93. The Morgan fingerprint density at radius 3 is 2.62 bits per heavy atom. The number of hydrogen-bond donors (Lipinski definition) is 3. The van der Waals surface area contributed by atoms with Crippen LogP contribution in [0.4, 0.5) is 4.39 Å². The predicted octanol–water partition coefficient (Wildman–Crippen LogP) is 7.63. The lowest BCUT2D eigenvalue weighted by Crippen LogP contribution is -2.12. The van der Waals surface area contributed by atoms with Crippen molar-refractivity contribution in [2.75, 3.05) is 6.54 Å². The molecule has 0 aliphatic carbocycles. The summed E-state index contributed by atoms with van der Waals surface area (Å²) < 4.78 is 13.6. The number of aromatic nitrogens is 4. The first-order valence-corrected chi connectivity index (χ1v) is 13.6. The van der Waals surface area contributed by atoms with Gasteiger partial charge in [0, 0.05) is 28.7 Å². The Bertz CT molecular complexity index is 1920. The minimum absolute atomic E-state index is 0.276. The number of benzene rings is 2. The number of halogens is 1. The first kappa shape index (κ1) is 26.7. The largest absolute Gasteiger partial charge is 0.357 e. The number of fused-ring (bicyclic) bond motifs is 1. The van der Waals surface area contributed by atoms with Crippen molar-refractivity contribution in [1.29, 1.82) is 0 Å². The highest BCUT2D eigenvalue weighted by Gasteiger charge is 2.18. The molecule has 3 N–H and O–H groups in total. The van der Waals surface area contributed by atoms with Gasteiger partial charge in [0.1, 0.15) is 17.0 Å². The molecule has 6 nitrogen and oxygen atoms in total. The molecule has 0 bridgehead atoms. The molecule has 0 saturated carbocycles. The summed E-state index contributed by atoms with van der Waals surface area (Å²) in [5, 5.41) is 11.1. The van der Waals surface area contributed by atoms with E-state index in [2.05, 4.69) is 44.7 Å². The zero-order valence-corrected chi connectivity index (χ0v) is 23.2. The number of allylic oxidation sites excluding steroid dienone is 5. The van der Waals surface area contributed by atoms with Gasteiger partial charge in [-0.15, -0.1) is 0 Å². The van der Waals surface area contributed by atoms with Crippen LogP contribution >= 0.6 is 0 Å². The number of aryl methyl sites for hydroxylation is 1. The summed E-state index contributed by atoms with van der Waals surface area (Å²) >= 11 is 0. The molecule has 0 spiro atoms. The van der Waals surface area contributed by atoms with Crippen LogP contribution in [0.1, 0.15) is 28.1 Å². The summed E-state index contributed by atoms with van der Waals surface area (Å²) in [5.41, 5.74) is 11.3. The highest BCUT2D eigenvalue weighted by Crippen LogP contribution is 2.33. The van der Waals surface area contributed by atoms with Crippen molar-refractivity contribution in [2.45, 2.75) is 6.92 Å². The molecule has 3 aromatic heterocycles. The molecule has 0 atom stereocenters. The van der Waals surface area contributed by atoms with E-state index in [1.54, 1.807) is 18.2 Å². The van der Waals surface area contributed by atoms with Gasteiger partial charge >= 0.3 is 0 Å². The molecule has 7 heteroatoms. The zero-order chi connectivity index (χ0) is 29.1. The first-order chi connectivity index (χ1) is 20.5. The topological polar surface area (TPSA) is 81.8 Å². The summed E-state index contributed by atoms with van der Waals surface area (Å²) in [6.45, 7) is 10.6. The predicted molar refractivity (Wildman–Crippen MR) is 170 cm³/mol. The van der Waals surface area contributed by atoms with Gasteiger partial charge in [0.05, 0.1) is 29.1 Å². The lowest BCUT2D eigenvalue weighted by molar-refractivity contribution is 0.627. The molecular formula is C35H29FN6. The maximum absolute atomic E-state index is 13.6. The molecule has 0 radical (unpaired) electrons. The van der Waals surface area contributed by atoms with Gasteiger partial charge in [-0.3, -0.25) is 10.1 Å². The lowest BCUT2D eigenvalue weighted by Gasteiger charge is -2.11. The van der Waals surface area contributed by atoms with Crippen molar-refractivity contribution in [1.82, 2.24) is 25.5 Å². The molecule has 42 heavy (non-hydrogen) atoms. The third kappa shape index (κ3) is 5.40. The first-order valence-electron chi connectivity index (χ1n) is 13.6. The number of nitrogens with zero attached hydrogens (tertiary/aromatic N) is 3. The molecular weight excluding hydrogens is 523 g/mol. The average Bonchev–Trinajstić information content (AvgIpc) is 3.52. The molecule has 1 aliphatic heterocycles. The number of pyridine rings is 1. The fourth-order valence-electron chi connectivity index (χ4n) is 5.00. The van der Waals surface area contributed by atoms with Gasteiger partial charge < -0.3 is 10.3 Å². The van der Waals surface area contributed by atoms with Crippen molar-refractivity contribution < 1.29 is 4.39 Å². The van der Waals surface area contributed by atoms with Crippen LogP contribution in [0, 0.1) is 12.7 Å². The van der Waals surface area contributed by atoms with Gasteiger partial charge in [-0.1, -0.05) is 73.9 Å². The fourth-order valence-corrected chi connectivity index (χ4v) is 5.00. The Labute approximate surface area is 243 Å². The summed E-state index contributed by atoms with van der Waals surface area (Å²) in [5.74, 6) is -0.276. The van der Waals surface area contributed by atoms with Crippen LogP contribution in [0.25, 0.3) is 39.3 Å². The minimum Gasteiger partial charge on any atom is -0.357 e. The van der Waals surface area contributed by atoms with E-state index < -0.39 is 0 Å². The van der Waals surface area contributed by atoms with E-state index in [4.69, 9.17) is 4.98 Å². The van der Waals surface area contributed by atoms with Crippen LogP contribution in [0.3, 0.4) is 0 Å². The van der Waals surface area contributed by atoms with E-state index in [1.165, 1.54) is 12.1 Å². The SMILES string of the molecule is C=C/C=C(/c1ccc(F)cc1)c1cc(-c2n[nH]c3ccc(C4=CCN=CC(NC(=C)c5ccccc5)=C4)nc23)[nH]c1C. The quantitative estimate of drug-likeness (QED) is 0.173. The highest BCUT2D eigenvalue weighted by atomic mass is 19.1. The third-order valence-electron chi connectivity index (χ3n) is 7.08. The lowest BCUT2D eigenvalue weighted by atomic mass is 9.97.